The molecule has 1 saturated heterocycles. The smallest absolute Gasteiger partial charge is 0.128 e. The SMILES string of the molecule is Cc1c(F)ccc2c([C@H]3CCN[C@H](C)C3)c[nH]c12. The molecule has 0 radical (unpaired) electrons. The summed E-state index contributed by atoms with van der Waals surface area (Å²) in [6.07, 6.45) is 4.39. The van der Waals surface area contributed by atoms with E-state index in [1.54, 1.807) is 6.07 Å². The number of halogens is 1. The molecule has 3 heteroatoms. The molecular weight excluding hydrogens is 227 g/mol. The normalized spacial score (nSPS) is 24.6. The lowest BCUT2D eigenvalue weighted by molar-refractivity contribution is 0.382. The zero-order chi connectivity index (χ0) is 12.7. The number of piperidine rings is 1. The molecule has 0 aliphatic carbocycles. The minimum atomic E-state index is -0.130. The predicted molar refractivity (Wildman–Crippen MR) is 72.4 cm³/mol. The first-order valence-electron chi connectivity index (χ1n) is 6.66. The summed E-state index contributed by atoms with van der Waals surface area (Å²) in [5, 5.41) is 4.66. The fraction of sp³-hybridized carbons (Fsp3) is 0.467. The number of aromatic amines is 1. The van der Waals surface area contributed by atoms with E-state index in [2.05, 4.69) is 23.4 Å². The van der Waals surface area contributed by atoms with E-state index >= 15 is 0 Å². The van der Waals surface area contributed by atoms with Crippen molar-refractivity contribution in [2.24, 2.45) is 0 Å². The molecular formula is C15H19FN2. The van der Waals surface area contributed by atoms with Crippen LogP contribution in [0.3, 0.4) is 0 Å². The highest BCUT2D eigenvalue weighted by Gasteiger charge is 2.22. The standard InChI is InChI=1S/C15H19FN2/c1-9-7-11(5-6-17-9)13-8-18-15-10(2)14(16)4-3-12(13)15/h3-4,8-9,11,17-18H,5-7H2,1-2H3/t9-,11+/m1/s1. The molecule has 2 nitrogen and oxygen atoms in total. The number of benzene rings is 1. The second kappa shape index (κ2) is 4.39. The summed E-state index contributed by atoms with van der Waals surface area (Å²) in [5.74, 6) is 0.453. The summed E-state index contributed by atoms with van der Waals surface area (Å²) in [6, 6.07) is 4.06. The summed E-state index contributed by atoms with van der Waals surface area (Å²) in [6.45, 7) is 5.13. The van der Waals surface area contributed by atoms with Crippen molar-refractivity contribution >= 4 is 10.9 Å². The molecule has 0 unspecified atom stereocenters. The van der Waals surface area contributed by atoms with Crippen LogP contribution in [0, 0.1) is 12.7 Å². The van der Waals surface area contributed by atoms with Crippen LogP contribution >= 0.6 is 0 Å². The van der Waals surface area contributed by atoms with Gasteiger partial charge in [-0.3, -0.25) is 0 Å². The van der Waals surface area contributed by atoms with Crippen molar-refractivity contribution in [1.82, 2.24) is 10.3 Å². The third-order valence-corrected chi connectivity index (χ3v) is 4.15. The van der Waals surface area contributed by atoms with Crippen LogP contribution in [0.5, 0.6) is 0 Å². The van der Waals surface area contributed by atoms with E-state index < -0.39 is 0 Å². The van der Waals surface area contributed by atoms with Gasteiger partial charge in [0.05, 0.1) is 5.52 Å². The van der Waals surface area contributed by atoms with E-state index in [-0.39, 0.29) is 5.82 Å². The minimum Gasteiger partial charge on any atom is -0.361 e. The Morgan fingerprint density at radius 3 is 2.94 bits per heavy atom. The first-order valence-corrected chi connectivity index (χ1v) is 6.66. The molecule has 0 bridgehead atoms. The first kappa shape index (κ1) is 11.7. The van der Waals surface area contributed by atoms with Crippen molar-refractivity contribution in [3.63, 3.8) is 0 Å². The molecule has 0 amide bonds. The van der Waals surface area contributed by atoms with Crippen LogP contribution in [-0.2, 0) is 0 Å². The molecule has 0 spiro atoms. The maximum atomic E-state index is 13.5. The number of hydrogen-bond donors (Lipinski definition) is 2. The summed E-state index contributed by atoms with van der Waals surface area (Å²) < 4.78 is 13.5. The van der Waals surface area contributed by atoms with Crippen LogP contribution in [0.4, 0.5) is 4.39 Å². The molecule has 2 aromatic rings. The zero-order valence-electron chi connectivity index (χ0n) is 10.9. The lowest BCUT2D eigenvalue weighted by Crippen LogP contribution is -2.34. The molecule has 96 valence electrons. The third-order valence-electron chi connectivity index (χ3n) is 4.15. The maximum absolute atomic E-state index is 13.5. The van der Waals surface area contributed by atoms with Crippen molar-refractivity contribution in [2.75, 3.05) is 6.54 Å². The van der Waals surface area contributed by atoms with Gasteiger partial charge in [0.15, 0.2) is 0 Å². The van der Waals surface area contributed by atoms with Crippen molar-refractivity contribution in [3.8, 4) is 0 Å². The Bertz CT molecular complexity index is 573. The minimum absolute atomic E-state index is 0.130. The lowest BCUT2D eigenvalue weighted by Gasteiger charge is -2.27. The molecule has 18 heavy (non-hydrogen) atoms. The highest BCUT2D eigenvalue weighted by atomic mass is 19.1. The van der Waals surface area contributed by atoms with Crippen LogP contribution in [0.2, 0.25) is 0 Å². The average molecular weight is 246 g/mol. The van der Waals surface area contributed by atoms with Crippen LogP contribution in [-0.4, -0.2) is 17.6 Å². The Morgan fingerprint density at radius 1 is 1.33 bits per heavy atom. The highest BCUT2D eigenvalue weighted by molar-refractivity contribution is 5.86. The molecule has 2 N–H and O–H groups in total. The summed E-state index contributed by atoms with van der Waals surface area (Å²) in [4.78, 5) is 3.25. The second-order valence-corrected chi connectivity index (χ2v) is 5.42. The highest BCUT2D eigenvalue weighted by Crippen LogP contribution is 2.34. The van der Waals surface area contributed by atoms with Gasteiger partial charge in [0.1, 0.15) is 5.82 Å². The van der Waals surface area contributed by atoms with E-state index in [4.69, 9.17) is 0 Å². The molecule has 2 atom stereocenters. The number of rotatable bonds is 1. The van der Waals surface area contributed by atoms with Gasteiger partial charge in [-0.05, 0) is 56.8 Å². The van der Waals surface area contributed by atoms with Gasteiger partial charge >= 0.3 is 0 Å². The largest absolute Gasteiger partial charge is 0.361 e. The van der Waals surface area contributed by atoms with E-state index in [1.807, 2.05) is 13.0 Å². The van der Waals surface area contributed by atoms with Gasteiger partial charge in [-0.2, -0.15) is 0 Å². The van der Waals surface area contributed by atoms with Crippen LogP contribution in [0.1, 0.15) is 36.8 Å². The topological polar surface area (TPSA) is 27.8 Å². The Morgan fingerprint density at radius 2 is 2.17 bits per heavy atom. The number of nitrogens with one attached hydrogen (secondary N) is 2. The van der Waals surface area contributed by atoms with E-state index in [1.165, 1.54) is 10.9 Å². The lowest BCUT2D eigenvalue weighted by atomic mass is 9.86. The zero-order valence-corrected chi connectivity index (χ0v) is 10.9. The number of H-pyrrole nitrogens is 1. The summed E-state index contributed by atoms with van der Waals surface area (Å²) in [7, 11) is 0. The molecule has 2 heterocycles. The van der Waals surface area contributed by atoms with Gasteiger partial charge in [0.25, 0.3) is 0 Å². The van der Waals surface area contributed by atoms with Crippen molar-refractivity contribution in [1.29, 1.82) is 0 Å². The number of aryl methyl sites for hydroxylation is 1. The summed E-state index contributed by atoms with van der Waals surface area (Å²) in [5.41, 5.74) is 3.03. The molecule has 1 aliphatic rings. The number of aromatic nitrogens is 1. The predicted octanol–water partition coefficient (Wildman–Crippen LogP) is 3.47. The Balaban J connectivity index is 2.05. The van der Waals surface area contributed by atoms with Crippen LogP contribution in [0.15, 0.2) is 18.3 Å². The summed E-state index contributed by atoms with van der Waals surface area (Å²) >= 11 is 0. The fourth-order valence-electron chi connectivity index (χ4n) is 3.09. The van der Waals surface area contributed by atoms with Crippen LogP contribution < -0.4 is 5.32 Å². The Hall–Kier alpha value is -1.35. The fourth-order valence-corrected chi connectivity index (χ4v) is 3.09. The number of fused-ring (bicyclic) bond motifs is 1. The van der Waals surface area contributed by atoms with Gasteiger partial charge in [0.2, 0.25) is 0 Å². The quantitative estimate of drug-likeness (QED) is 0.792. The molecule has 3 rings (SSSR count). The van der Waals surface area contributed by atoms with Gasteiger partial charge in [0, 0.05) is 23.2 Å². The van der Waals surface area contributed by atoms with Crippen molar-refractivity contribution < 1.29 is 4.39 Å². The Labute approximate surface area is 107 Å². The van der Waals surface area contributed by atoms with Crippen molar-refractivity contribution in [2.45, 2.75) is 38.6 Å². The first-order chi connectivity index (χ1) is 8.66. The van der Waals surface area contributed by atoms with E-state index in [0.717, 1.165) is 30.5 Å². The monoisotopic (exact) mass is 246 g/mol. The number of hydrogen-bond acceptors (Lipinski definition) is 1. The second-order valence-electron chi connectivity index (χ2n) is 5.42. The molecule has 0 saturated carbocycles. The molecule has 1 fully saturated rings. The van der Waals surface area contributed by atoms with E-state index in [9.17, 15) is 4.39 Å². The Kier molecular flexibility index (Phi) is 2.86. The van der Waals surface area contributed by atoms with Crippen molar-refractivity contribution in [3.05, 3.63) is 35.3 Å². The van der Waals surface area contributed by atoms with Gasteiger partial charge < -0.3 is 10.3 Å². The molecule has 1 aliphatic heterocycles. The maximum Gasteiger partial charge on any atom is 0.128 e. The van der Waals surface area contributed by atoms with Gasteiger partial charge in [-0.1, -0.05) is 0 Å². The van der Waals surface area contributed by atoms with Crippen LogP contribution in [0.25, 0.3) is 10.9 Å². The average Bonchev–Trinajstić information content (AvgIpc) is 2.78. The van der Waals surface area contributed by atoms with Gasteiger partial charge in [-0.25, -0.2) is 4.39 Å². The molecule has 1 aromatic heterocycles. The van der Waals surface area contributed by atoms with Gasteiger partial charge in [-0.15, -0.1) is 0 Å². The third kappa shape index (κ3) is 1.83. The molecule has 1 aromatic carbocycles. The van der Waals surface area contributed by atoms with E-state index in [0.29, 0.717) is 12.0 Å².